The molecule has 0 unspecified atom stereocenters. The van der Waals surface area contributed by atoms with Gasteiger partial charge in [-0.05, 0) is 54.1 Å². The minimum absolute atomic E-state index is 0.718. The summed E-state index contributed by atoms with van der Waals surface area (Å²) in [6, 6.07) is 6.36. The number of halogens is 1. The summed E-state index contributed by atoms with van der Waals surface area (Å²) in [7, 11) is 1.95. The Morgan fingerprint density at radius 2 is 2.21 bits per heavy atom. The van der Waals surface area contributed by atoms with Crippen molar-refractivity contribution in [3.05, 3.63) is 50.1 Å². The minimum atomic E-state index is 0.718. The largest absolute Gasteiger partial charge is 0.493 e. The molecular weight excluding hydrogens is 322 g/mol. The van der Waals surface area contributed by atoms with Gasteiger partial charge < -0.3 is 10.1 Å². The molecule has 0 amide bonds. The van der Waals surface area contributed by atoms with Crippen LogP contribution in [0.25, 0.3) is 0 Å². The topological polar surface area (TPSA) is 21.3 Å². The predicted molar refractivity (Wildman–Crippen MR) is 85.2 cm³/mol. The highest BCUT2D eigenvalue weighted by atomic mass is 79.9. The van der Waals surface area contributed by atoms with Crippen molar-refractivity contribution in [2.24, 2.45) is 0 Å². The molecule has 0 aliphatic carbocycles. The molecule has 0 fully saturated rings. The molecule has 0 atom stereocenters. The summed E-state index contributed by atoms with van der Waals surface area (Å²) in [6.07, 6.45) is 0.956. The van der Waals surface area contributed by atoms with E-state index in [4.69, 9.17) is 4.74 Å². The van der Waals surface area contributed by atoms with Crippen molar-refractivity contribution in [2.75, 3.05) is 13.7 Å². The molecule has 19 heavy (non-hydrogen) atoms. The van der Waals surface area contributed by atoms with Gasteiger partial charge in [0.25, 0.3) is 0 Å². The summed E-state index contributed by atoms with van der Waals surface area (Å²) in [5.41, 5.74) is 3.71. The Bertz CT molecular complexity index is 525. The maximum absolute atomic E-state index is 5.99. The van der Waals surface area contributed by atoms with E-state index in [2.05, 4.69) is 57.1 Å². The summed E-state index contributed by atoms with van der Waals surface area (Å²) in [5.74, 6) is 1.01. The first-order valence-corrected chi connectivity index (χ1v) is 8.02. The molecular formula is C15H18BrNOS. The Morgan fingerprint density at radius 1 is 1.37 bits per heavy atom. The van der Waals surface area contributed by atoms with Gasteiger partial charge in [0.2, 0.25) is 0 Å². The highest BCUT2D eigenvalue weighted by molar-refractivity contribution is 9.10. The lowest BCUT2D eigenvalue weighted by Gasteiger charge is -2.14. The molecule has 1 aromatic carbocycles. The highest BCUT2D eigenvalue weighted by Gasteiger charge is 2.08. The fourth-order valence-corrected chi connectivity index (χ4v) is 3.36. The van der Waals surface area contributed by atoms with Crippen molar-refractivity contribution in [1.29, 1.82) is 0 Å². The van der Waals surface area contributed by atoms with Crippen LogP contribution in [0, 0.1) is 6.92 Å². The Labute approximate surface area is 126 Å². The molecule has 0 aliphatic heterocycles. The van der Waals surface area contributed by atoms with Crippen LogP contribution in [0.5, 0.6) is 5.75 Å². The molecule has 102 valence electrons. The van der Waals surface area contributed by atoms with E-state index in [-0.39, 0.29) is 0 Å². The average molecular weight is 340 g/mol. The molecule has 4 heteroatoms. The van der Waals surface area contributed by atoms with Crippen molar-refractivity contribution >= 4 is 27.3 Å². The van der Waals surface area contributed by atoms with Gasteiger partial charge in [-0.2, -0.15) is 11.3 Å². The normalized spacial score (nSPS) is 10.7. The van der Waals surface area contributed by atoms with E-state index in [0.717, 1.165) is 29.8 Å². The van der Waals surface area contributed by atoms with Crippen molar-refractivity contribution in [1.82, 2.24) is 5.32 Å². The van der Waals surface area contributed by atoms with Crippen LogP contribution >= 0.6 is 27.3 Å². The Kier molecular flexibility index (Phi) is 5.43. The number of hydrogen-bond acceptors (Lipinski definition) is 3. The summed E-state index contributed by atoms with van der Waals surface area (Å²) < 4.78 is 7.09. The number of rotatable bonds is 6. The lowest BCUT2D eigenvalue weighted by molar-refractivity contribution is 0.316. The molecule has 2 rings (SSSR count). The smallest absolute Gasteiger partial charge is 0.126 e. The van der Waals surface area contributed by atoms with E-state index in [9.17, 15) is 0 Å². The van der Waals surface area contributed by atoms with Gasteiger partial charge in [0.15, 0.2) is 0 Å². The fraction of sp³-hybridized carbons (Fsp3) is 0.333. The van der Waals surface area contributed by atoms with E-state index in [1.54, 1.807) is 11.3 Å². The predicted octanol–water partition coefficient (Wildman–Crippen LogP) is 4.16. The van der Waals surface area contributed by atoms with Crippen LogP contribution in [0.1, 0.15) is 16.7 Å². The van der Waals surface area contributed by atoms with E-state index >= 15 is 0 Å². The first kappa shape index (κ1) is 14.6. The van der Waals surface area contributed by atoms with E-state index in [0.29, 0.717) is 0 Å². The molecule has 1 N–H and O–H groups in total. The maximum Gasteiger partial charge on any atom is 0.126 e. The zero-order valence-electron chi connectivity index (χ0n) is 11.2. The van der Waals surface area contributed by atoms with Crippen LogP contribution in [-0.4, -0.2) is 13.7 Å². The molecule has 0 saturated heterocycles. The molecule has 2 aromatic rings. The SMILES string of the molecule is CNCc1cc(Br)cc(C)c1OCCc1ccsc1. The van der Waals surface area contributed by atoms with Gasteiger partial charge in [0.05, 0.1) is 6.61 Å². The standard InChI is InChI=1S/C15H18BrNOS/c1-11-7-14(16)8-13(9-17-2)15(11)18-5-3-12-4-6-19-10-12/h4,6-8,10,17H,3,5,9H2,1-2H3. The first-order valence-electron chi connectivity index (χ1n) is 6.28. The van der Waals surface area contributed by atoms with Crippen LogP contribution in [0.4, 0.5) is 0 Å². The molecule has 1 heterocycles. The second kappa shape index (κ2) is 7.08. The molecule has 2 nitrogen and oxygen atoms in total. The number of thiophene rings is 1. The van der Waals surface area contributed by atoms with Gasteiger partial charge in [-0.1, -0.05) is 15.9 Å². The van der Waals surface area contributed by atoms with Crippen LogP contribution in [0.3, 0.4) is 0 Å². The second-order valence-electron chi connectivity index (χ2n) is 4.47. The average Bonchev–Trinajstić information content (AvgIpc) is 2.86. The van der Waals surface area contributed by atoms with E-state index in [1.807, 2.05) is 7.05 Å². The second-order valence-corrected chi connectivity index (χ2v) is 6.17. The van der Waals surface area contributed by atoms with Crippen molar-refractivity contribution in [3.8, 4) is 5.75 Å². The third-order valence-corrected chi connectivity index (χ3v) is 4.09. The van der Waals surface area contributed by atoms with Gasteiger partial charge in [0.1, 0.15) is 5.75 Å². The lowest BCUT2D eigenvalue weighted by atomic mass is 10.1. The first-order chi connectivity index (χ1) is 9.20. The monoisotopic (exact) mass is 339 g/mol. The summed E-state index contributed by atoms with van der Waals surface area (Å²) in [5, 5.41) is 7.46. The van der Waals surface area contributed by atoms with Crippen LogP contribution in [0.15, 0.2) is 33.4 Å². The highest BCUT2D eigenvalue weighted by Crippen LogP contribution is 2.28. The zero-order valence-corrected chi connectivity index (χ0v) is 13.6. The van der Waals surface area contributed by atoms with Gasteiger partial charge in [0, 0.05) is 23.0 Å². The Hall–Kier alpha value is -0.840. The van der Waals surface area contributed by atoms with Crippen molar-refractivity contribution in [2.45, 2.75) is 19.9 Å². The number of hydrogen-bond donors (Lipinski definition) is 1. The molecule has 0 saturated carbocycles. The number of aryl methyl sites for hydroxylation is 1. The fourth-order valence-electron chi connectivity index (χ4n) is 2.03. The van der Waals surface area contributed by atoms with Gasteiger partial charge in [-0.25, -0.2) is 0 Å². The lowest BCUT2D eigenvalue weighted by Crippen LogP contribution is -2.10. The third-order valence-electron chi connectivity index (χ3n) is 2.90. The van der Waals surface area contributed by atoms with Crippen molar-refractivity contribution < 1.29 is 4.74 Å². The number of benzene rings is 1. The molecule has 0 bridgehead atoms. The van der Waals surface area contributed by atoms with Gasteiger partial charge in [-0.15, -0.1) is 0 Å². The van der Waals surface area contributed by atoms with E-state index < -0.39 is 0 Å². The zero-order chi connectivity index (χ0) is 13.7. The Morgan fingerprint density at radius 3 is 2.89 bits per heavy atom. The summed E-state index contributed by atoms with van der Waals surface area (Å²) >= 11 is 5.27. The molecule has 0 radical (unpaired) electrons. The van der Waals surface area contributed by atoms with E-state index in [1.165, 1.54) is 16.7 Å². The summed E-state index contributed by atoms with van der Waals surface area (Å²) in [6.45, 7) is 3.62. The van der Waals surface area contributed by atoms with Crippen molar-refractivity contribution in [3.63, 3.8) is 0 Å². The quantitative estimate of drug-likeness (QED) is 0.853. The van der Waals surface area contributed by atoms with Gasteiger partial charge in [-0.3, -0.25) is 0 Å². The van der Waals surface area contributed by atoms with Crippen LogP contribution < -0.4 is 10.1 Å². The third kappa shape index (κ3) is 4.06. The number of nitrogens with one attached hydrogen (secondary N) is 1. The summed E-state index contributed by atoms with van der Waals surface area (Å²) in [4.78, 5) is 0. The number of ether oxygens (including phenoxy) is 1. The maximum atomic E-state index is 5.99. The van der Waals surface area contributed by atoms with Gasteiger partial charge >= 0.3 is 0 Å². The van der Waals surface area contributed by atoms with Crippen LogP contribution in [-0.2, 0) is 13.0 Å². The minimum Gasteiger partial charge on any atom is -0.493 e. The van der Waals surface area contributed by atoms with Crippen LogP contribution in [0.2, 0.25) is 0 Å². The molecule has 0 aliphatic rings. The molecule has 1 aromatic heterocycles. The molecule has 0 spiro atoms. The Balaban J connectivity index is 2.05.